The zero-order valence-corrected chi connectivity index (χ0v) is 11.3. The molecule has 17 heavy (non-hydrogen) atoms. The third-order valence-corrected chi connectivity index (χ3v) is 3.32. The summed E-state index contributed by atoms with van der Waals surface area (Å²) in [6.45, 7) is 4.30. The third kappa shape index (κ3) is 3.66. The normalized spacial score (nSPS) is 10.5. The maximum absolute atomic E-state index is 11.8. The number of aromatic nitrogens is 2. The number of nitrogens with zero attached hydrogens (tertiary/aromatic N) is 2. The predicted octanol–water partition coefficient (Wildman–Crippen LogP) is 1.61. The van der Waals surface area contributed by atoms with Crippen LogP contribution in [0, 0.1) is 6.92 Å². The number of hydrogen-bond donors (Lipinski definition) is 1. The SMILES string of the molecule is CCSCCCOC(=O)c1c(N)c(C)nn1C. The van der Waals surface area contributed by atoms with Crippen molar-refractivity contribution in [2.24, 2.45) is 7.05 Å². The summed E-state index contributed by atoms with van der Waals surface area (Å²) < 4.78 is 6.62. The second kappa shape index (κ2) is 6.54. The van der Waals surface area contributed by atoms with Crippen molar-refractivity contribution in [2.75, 3.05) is 23.8 Å². The van der Waals surface area contributed by atoms with Crippen molar-refractivity contribution in [1.29, 1.82) is 0 Å². The Morgan fingerprint density at radius 1 is 1.59 bits per heavy atom. The topological polar surface area (TPSA) is 70.1 Å². The summed E-state index contributed by atoms with van der Waals surface area (Å²) in [5, 5.41) is 4.08. The summed E-state index contributed by atoms with van der Waals surface area (Å²) in [4.78, 5) is 11.8. The highest BCUT2D eigenvalue weighted by molar-refractivity contribution is 7.99. The first-order valence-electron chi connectivity index (χ1n) is 5.61. The van der Waals surface area contributed by atoms with Crippen LogP contribution in [0.4, 0.5) is 5.69 Å². The number of nitrogens with two attached hydrogens (primary N) is 1. The van der Waals surface area contributed by atoms with Gasteiger partial charge < -0.3 is 10.5 Å². The highest BCUT2D eigenvalue weighted by atomic mass is 32.2. The molecule has 0 fully saturated rings. The minimum Gasteiger partial charge on any atom is -0.461 e. The molecule has 0 atom stereocenters. The number of aryl methyl sites for hydroxylation is 2. The molecule has 0 unspecified atom stereocenters. The molecule has 6 heteroatoms. The number of thioether (sulfide) groups is 1. The Hall–Kier alpha value is -1.17. The van der Waals surface area contributed by atoms with Crippen LogP contribution < -0.4 is 5.73 Å². The standard InChI is InChI=1S/C11H19N3O2S/c1-4-17-7-5-6-16-11(15)10-9(12)8(2)13-14(10)3/h4-7,12H2,1-3H3. The smallest absolute Gasteiger partial charge is 0.358 e. The zero-order valence-electron chi connectivity index (χ0n) is 10.5. The predicted molar refractivity (Wildman–Crippen MR) is 70.3 cm³/mol. The van der Waals surface area contributed by atoms with Gasteiger partial charge in [-0.1, -0.05) is 6.92 Å². The fourth-order valence-corrected chi connectivity index (χ4v) is 2.07. The molecule has 5 nitrogen and oxygen atoms in total. The van der Waals surface area contributed by atoms with Gasteiger partial charge in [-0.2, -0.15) is 16.9 Å². The summed E-state index contributed by atoms with van der Waals surface area (Å²) in [5.41, 5.74) is 7.16. The van der Waals surface area contributed by atoms with E-state index in [1.54, 1.807) is 14.0 Å². The van der Waals surface area contributed by atoms with Crippen LogP contribution in [0.3, 0.4) is 0 Å². The molecule has 1 rings (SSSR count). The van der Waals surface area contributed by atoms with E-state index in [0.29, 0.717) is 23.7 Å². The van der Waals surface area contributed by atoms with E-state index in [1.165, 1.54) is 4.68 Å². The van der Waals surface area contributed by atoms with Crippen LogP contribution in [0.1, 0.15) is 29.5 Å². The quantitative estimate of drug-likeness (QED) is 0.619. The van der Waals surface area contributed by atoms with Crippen LogP contribution in [-0.4, -0.2) is 33.9 Å². The highest BCUT2D eigenvalue weighted by Crippen LogP contribution is 2.16. The van der Waals surface area contributed by atoms with Gasteiger partial charge in [0.05, 0.1) is 18.0 Å². The van der Waals surface area contributed by atoms with E-state index in [9.17, 15) is 4.79 Å². The molecule has 96 valence electrons. The fourth-order valence-electron chi connectivity index (χ4n) is 1.46. The first kappa shape index (κ1) is 13.9. The van der Waals surface area contributed by atoms with Gasteiger partial charge in [-0.15, -0.1) is 0 Å². The average Bonchev–Trinajstić information content (AvgIpc) is 2.53. The summed E-state index contributed by atoms with van der Waals surface area (Å²) in [6, 6.07) is 0. The van der Waals surface area contributed by atoms with Crippen molar-refractivity contribution in [3.05, 3.63) is 11.4 Å². The molecule has 0 aliphatic carbocycles. The molecule has 1 aromatic rings. The molecule has 0 radical (unpaired) electrons. The first-order chi connectivity index (χ1) is 8.07. The Kier molecular flexibility index (Phi) is 5.34. The molecule has 0 aromatic carbocycles. The van der Waals surface area contributed by atoms with Crippen LogP contribution in [0.5, 0.6) is 0 Å². The van der Waals surface area contributed by atoms with Gasteiger partial charge in [0, 0.05) is 7.05 Å². The van der Waals surface area contributed by atoms with Gasteiger partial charge >= 0.3 is 5.97 Å². The molecular weight excluding hydrogens is 238 g/mol. The van der Waals surface area contributed by atoms with Crippen molar-refractivity contribution in [3.63, 3.8) is 0 Å². The second-order valence-corrected chi connectivity index (χ2v) is 5.05. The Morgan fingerprint density at radius 2 is 2.29 bits per heavy atom. The van der Waals surface area contributed by atoms with E-state index in [0.717, 1.165) is 17.9 Å². The lowest BCUT2D eigenvalue weighted by molar-refractivity contribution is 0.0495. The van der Waals surface area contributed by atoms with Crippen molar-refractivity contribution < 1.29 is 9.53 Å². The number of carbonyl (C=O) groups excluding carboxylic acids is 1. The van der Waals surface area contributed by atoms with Gasteiger partial charge in [0.15, 0.2) is 5.69 Å². The molecule has 1 aromatic heterocycles. The van der Waals surface area contributed by atoms with E-state index in [4.69, 9.17) is 10.5 Å². The van der Waals surface area contributed by atoms with Crippen LogP contribution in [0.25, 0.3) is 0 Å². The molecule has 0 aliphatic rings. The summed E-state index contributed by atoms with van der Waals surface area (Å²) in [6.07, 6.45) is 0.862. The minimum atomic E-state index is -0.396. The number of ether oxygens (including phenoxy) is 1. The minimum absolute atomic E-state index is 0.339. The van der Waals surface area contributed by atoms with Gasteiger partial charge in [-0.25, -0.2) is 4.79 Å². The van der Waals surface area contributed by atoms with Crippen molar-refractivity contribution in [2.45, 2.75) is 20.3 Å². The Labute approximate surface area is 106 Å². The summed E-state index contributed by atoms with van der Waals surface area (Å²) in [5.74, 6) is 1.69. The number of esters is 1. The molecular formula is C11H19N3O2S. The number of nitrogen functional groups attached to an aromatic ring is 1. The molecule has 0 spiro atoms. The maximum Gasteiger partial charge on any atom is 0.358 e. The molecule has 0 saturated heterocycles. The van der Waals surface area contributed by atoms with Gasteiger partial charge in [0.1, 0.15) is 0 Å². The van der Waals surface area contributed by atoms with Gasteiger partial charge in [0.25, 0.3) is 0 Å². The average molecular weight is 257 g/mol. The van der Waals surface area contributed by atoms with E-state index in [2.05, 4.69) is 12.0 Å². The number of hydrogen-bond acceptors (Lipinski definition) is 5. The largest absolute Gasteiger partial charge is 0.461 e. The van der Waals surface area contributed by atoms with Gasteiger partial charge in [-0.3, -0.25) is 4.68 Å². The lowest BCUT2D eigenvalue weighted by Crippen LogP contribution is -2.13. The van der Waals surface area contributed by atoms with E-state index in [-0.39, 0.29) is 0 Å². The maximum atomic E-state index is 11.8. The zero-order chi connectivity index (χ0) is 12.8. The molecule has 0 saturated carbocycles. The number of anilines is 1. The Bertz CT molecular complexity index is 390. The van der Waals surface area contributed by atoms with E-state index < -0.39 is 5.97 Å². The van der Waals surface area contributed by atoms with E-state index >= 15 is 0 Å². The molecule has 0 bridgehead atoms. The molecule has 0 aliphatic heterocycles. The van der Waals surface area contributed by atoms with Crippen molar-refractivity contribution >= 4 is 23.4 Å². The highest BCUT2D eigenvalue weighted by Gasteiger charge is 2.18. The van der Waals surface area contributed by atoms with Crippen LogP contribution in [0.2, 0.25) is 0 Å². The summed E-state index contributed by atoms with van der Waals surface area (Å²) >= 11 is 1.83. The van der Waals surface area contributed by atoms with Gasteiger partial charge in [-0.05, 0) is 24.9 Å². The van der Waals surface area contributed by atoms with Crippen LogP contribution >= 0.6 is 11.8 Å². The number of rotatable bonds is 6. The van der Waals surface area contributed by atoms with E-state index in [1.807, 2.05) is 11.8 Å². The van der Waals surface area contributed by atoms with Crippen LogP contribution in [-0.2, 0) is 11.8 Å². The molecule has 1 heterocycles. The van der Waals surface area contributed by atoms with Crippen molar-refractivity contribution in [3.8, 4) is 0 Å². The monoisotopic (exact) mass is 257 g/mol. The van der Waals surface area contributed by atoms with Crippen LogP contribution in [0.15, 0.2) is 0 Å². The Balaban J connectivity index is 2.47. The molecule has 2 N–H and O–H groups in total. The second-order valence-electron chi connectivity index (χ2n) is 3.66. The number of carbonyl (C=O) groups is 1. The van der Waals surface area contributed by atoms with Gasteiger partial charge in [0.2, 0.25) is 0 Å². The van der Waals surface area contributed by atoms with Crippen molar-refractivity contribution in [1.82, 2.24) is 9.78 Å². The summed E-state index contributed by atoms with van der Waals surface area (Å²) in [7, 11) is 1.69. The third-order valence-electron chi connectivity index (χ3n) is 2.33. The first-order valence-corrected chi connectivity index (χ1v) is 6.77. The Morgan fingerprint density at radius 3 is 2.82 bits per heavy atom. The lowest BCUT2D eigenvalue weighted by Gasteiger charge is -2.05. The fraction of sp³-hybridized carbons (Fsp3) is 0.636. The molecule has 0 amide bonds. The lowest BCUT2D eigenvalue weighted by atomic mass is 10.3.